The predicted octanol–water partition coefficient (Wildman–Crippen LogP) is 4.24. The molecule has 5 nitrogen and oxygen atoms in total. The van der Waals surface area contributed by atoms with E-state index in [0.29, 0.717) is 0 Å². The lowest BCUT2D eigenvalue weighted by Gasteiger charge is -2.17. The van der Waals surface area contributed by atoms with Gasteiger partial charge in [0, 0.05) is 17.3 Å². The summed E-state index contributed by atoms with van der Waals surface area (Å²) in [7, 11) is -3.97. The molecule has 0 heterocycles. The minimum atomic E-state index is -3.97. The highest BCUT2D eigenvalue weighted by Crippen LogP contribution is 2.39. The second-order valence-electron chi connectivity index (χ2n) is 5.30. The second kappa shape index (κ2) is 7.55. The lowest BCUT2D eigenvalue weighted by Crippen LogP contribution is -2.12. The largest absolute Gasteiger partial charge is 0.481 e. The Labute approximate surface area is 151 Å². The molecule has 0 atom stereocenters. The van der Waals surface area contributed by atoms with Crippen molar-refractivity contribution in [1.82, 2.24) is 0 Å². The van der Waals surface area contributed by atoms with Crippen molar-refractivity contribution in [2.24, 2.45) is 0 Å². The standard InChI is InChI=1S/C16H12ClF3O5S/c1-26(23,24)13-3-2-12(15(16(19)20)11(13)7-14(21)22)25-10-5-8(17)4-9(18)6-10/h2-6,16H,7H2,1H3,(H,21,22). The second-order valence-corrected chi connectivity index (χ2v) is 7.73. The third kappa shape index (κ3) is 4.67. The Bertz CT molecular complexity index is 940. The Morgan fingerprint density at radius 2 is 1.92 bits per heavy atom. The number of carboxylic acid groups (broad SMARTS) is 1. The molecule has 140 valence electrons. The van der Waals surface area contributed by atoms with E-state index in [2.05, 4.69) is 0 Å². The van der Waals surface area contributed by atoms with E-state index in [-0.39, 0.29) is 10.8 Å². The average Bonchev–Trinajstić information content (AvgIpc) is 2.43. The van der Waals surface area contributed by atoms with Crippen molar-refractivity contribution in [1.29, 1.82) is 0 Å². The number of carbonyl (C=O) groups is 1. The molecule has 10 heteroatoms. The molecule has 2 rings (SSSR count). The van der Waals surface area contributed by atoms with Gasteiger partial charge in [-0.1, -0.05) is 11.6 Å². The molecule has 2 aromatic carbocycles. The molecule has 0 bridgehead atoms. The van der Waals surface area contributed by atoms with Crippen molar-refractivity contribution in [3.8, 4) is 11.5 Å². The van der Waals surface area contributed by atoms with E-state index in [4.69, 9.17) is 21.4 Å². The third-order valence-corrected chi connectivity index (χ3v) is 4.68. The van der Waals surface area contributed by atoms with Crippen LogP contribution in [0.1, 0.15) is 17.6 Å². The lowest BCUT2D eigenvalue weighted by molar-refractivity contribution is -0.136. The van der Waals surface area contributed by atoms with E-state index in [9.17, 15) is 26.4 Å². The van der Waals surface area contributed by atoms with Crippen LogP contribution in [0.25, 0.3) is 0 Å². The molecule has 0 radical (unpaired) electrons. The van der Waals surface area contributed by atoms with Gasteiger partial charge in [0.2, 0.25) is 0 Å². The first-order valence-electron chi connectivity index (χ1n) is 6.98. The van der Waals surface area contributed by atoms with Crippen LogP contribution in [0.5, 0.6) is 11.5 Å². The van der Waals surface area contributed by atoms with Gasteiger partial charge < -0.3 is 9.84 Å². The molecule has 0 aliphatic heterocycles. The van der Waals surface area contributed by atoms with Crippen LogP contribution >= 0.6 is 11.6 Å². The first kappa shape index (κ1) is 20.1. The topological polar surface area (TPSA) is 80.7 Å². The molecule has 0 spiro atoms. The SMILES string of the molecule is CS(=O)(=O)c1ccc(Oc2cc(F)cc(Cl)c2)c(C(F)F)c1CC(=O)O. The van der Waals surface area contributed by atoms with Crippen molar-refractivity contribution >= 4 is 27.4 Å². The van der Waals surface area contributed by atoms with E-state index in [1.807, 2.05) is 0 Å². The van der Waals surface area contributed by atoms with Gasteiger partial charge in [-0.15, -0.1) is 0 Å². The lowest BCUT2D eigenvalue weighted by atomic mass is 10.0. The molecule has 26 heavy (non-hydrogen) atoms. The number of ether oxygens (including phenoxy) is 1. The fraction of sp³-hybridized carbons (Fsp3) is 0.188. The van der Waals surface area contributed by atoms with Gasteiger partial charge in [-0.3, -0.25) is 4.79 Å². The number of alkyl halides is 2. The summed E-state index contributed by atoms with van der Waals surface area (Å²) in [5.41, 5.74) is -1.48. The fourth-order valence-electron chi connectivity index (χ4n) is 2.35. The van der Waals surface area contributed by atoms with Crippen LogP contribution < -0.4 is 4.74 Å². The molecule has 0 unspecified atom stereocenters. The third-order valence-electron chi connectivity index (χ3n) is 3.28. The van der Waals surface area contributed by atoms with Gasteiger partial charge in [-0.2, -0.15) is 0 Å². The summed E-state index contributed by atoms with van der Waals surface area (Å²) >= 11 is 5.68. The van der Waals surface area contributed by atoms with Crippen molar-refractivity contribution in [3.05, 3.63) is 52.3 Å². The molecule has 0 saturated carbocycles. The van der Waals surface area contributed by atoms with Crippen LogP contribution in [0.2, 0.25) is 5.02 Å². The van der Waals surface area contributed by atoms with Gasteiger partial charge in [0.25, 0.3) is 6.43 Å². The maximum atomic E-state index is 13.6. The molecular weight excluding hydrogens is 397 g/mol. The number of hydrogen-bond donors (Lipinski definition) is 1. The van der Waals surface area contributed by atoms with E-state index < -0.39 is 56.2 Å². The predicted molar refractivity (Wildman–Crippen MR) is 87.3 cm³/mol. The Morgan fingerprint density at radius 1 is 1.27 bits per heavy atom. The van der Waals surface area contributed by atoms with Crippen LogP contribution in [0, 0.1) is 5.82 Å². The highest BCUT2D eigenvalue weighted by Gasteiger charge is 2.27. The van der Waals surface area contributed by atoms with Crippen LogP contribution in [0.4, 0.5) is 13.2 Å². The van der Waals surface area contributed by atoms with Crippen LogP contribution in [-0.4, -0.2) is 25.7 Å². The number of sulfone groups is 1. The summed E-state index contributed by atoms with van der Waals surface area (Å²) in [5.74, 6) is -2.97. The number of benzene rings is 2. The van der Waals surface area contributed by atoms with Crippen molar-refractivity contribution in [2.75, 3.05) is 6.26 Å². The molecule has 0 aliphatic carbocycles. The van der Waals surface area contributed by atoms with E-state index >= 15 is 0 Å². The van der Waals surface area contributed by atoms with Gasteiger partial charge >= 0.3 is 5.97 Å². The van der Waals surface area contributed by atoms with Gasteiger partial charge in [-0.25, -0.2) is 21.6 Å². The van der Waals surface area contributed by atoms with Gasteiger partial charge in [0.15, 0.2) is 9.84 Å². The molecule has 0 saturated heterocycles. The molecule has 2 aromatic rings. The highest BCUT2D eigenvalue weighted by atomic mass is 35.5. The van der Waals surface area contributed by atoms with Gasteiger partial charge in [0.1, 0.15) is 17.3 Å². The monoisotopic (exact) mass is 408 g/mol. The maximum absolute atomic E-state index is 13.6. The Morgan fingerprint density at radius 3 is 2.42 bits per heavy atom. The molecule has 0 aliphatic rings. The number of carboxylic acids is 1. The minimum Gasteiger partial charge on any atom is -0.481 e. The summed E-state index contributed by atoms with van der Waals surface area (Å²) in [6.45, 7) is 0. The minimum absolute atomic E-state index is 0.0443. The number of hydrogen-bond acceptors (Lipinski definition) is 4. The van der Waals surface area contributed by atoms with E-state index in [1.54, 1.807) is 0 Å². The van der Waals surface area contributed by atoms with E-state index in [0.717, 1.165) is 30.5 Å². The zero-order valence-corrected chi connectivity index (χ0v) is 14.7. The zero-order chi connectivity index (χ0) is 19.6. The number of halogens is 4. The molecule has 0 amide bonds. The summed E-state index contributed by atoms with van der Waals surface area (Å²) in [6, 6.07) is 4.96. The molecular formula is C16H12ClF3O5S. The smallest absolute Gasteiger partial charge is 0.307 e. The van der Waals surface area contributed by atoms with Gasteiger partial charge in [-0.05, 0) is 29.8 Å². The number of aliphatic carboxylic acids is 1. The average molecular weight is 409 g/mol. The first-order chi connectivity index (χ1) is 12.0. The molecule has 0 fully saturated rings. The first-order valence-corrected chi connectivity index (χ1v) is 9.25. The van der Waals surface area contributed by atoms with Crippen molar-refractivity contribution in [2.45, 2.75) is 17.7 Å². The van der Waals surface area contributed by atoms with Gasteiger partial charge in [0.05, 0.1) is 16.9 Å². The van der Waals surface area contributed by atoms with Crippen molar-refractivity contribution in [3.63, 3.8) is 0 Å². The Balaban J connectivity index is 2.68. The van der Waals surface area contributed by atoms with Crippen LogP contribution in [-0.2, 0) is 21.1 Å². The van der Waals surface area contributed by atoms with Crippen molar-refractivity contribution < 1.29 is 36.2 Å². The fourth-order valence-corrected chi connectivity index (χ4v) is 3.50. The normalized spacial score (nSPS) is 11.6. The van der Waals surface area contributed by atoms with E-state index in [1.165, 1.54) is 6.07 Å². The highest BCUT2D eigenvalue weighted by molar-refractivity contribution is 7.90. The summed E-state index contributed by atoms with van der Waals surface area (Å²) in [4.78, 5) is 10.5. The Kier molecular flexibility index (Phi) is 5.82. The zero-order valence-electron chi connectivity index (χ0n) is 13.2. The molecule has 1 N–H and O–H groups in total. The summed E-state index contributed by atoms with van der Waals surface area (Å²) in [6.07, 6.45) is -3.41. The maximum Gasteiger partial charge on any atom is 0.307 e. The van der Waals surface area contributed by atoms with Crippen LogP contribution in [0.3, 0.4) is 0 Å². The summed E-state index contributed by atoms with van der Waals surface area (Å²) in [5, 5.41) is 8.92. The number of rotatable bonds is 6. The molecule has 0 aromatic heterocycles. The Hall–Kier alpha value is -2.26. The summed E-state index contributed by atoms with van der Waals surface area (Å²) < 4.78 is 69.5. The van der Waals surface area contributed by atoms with Crippen LogP contribution in [0.15, 0.2) is 35.2 Å². The quantitative estimate of drug-likeness (QED) is 0.773.